The van der Waals surface area contributed by atoms with E-state index in [-0.39, 0.29) is 0 Å². The highest BCUT2D eigenvalue weighted by molar-refractivity contribution is 7.03. The maximum Gasteiger partial charge on any atom is 0.202 e. The molecule has 0 bridgehead atoms. The second kappa shape index (κ2) is 2.39. The van der Waals surface area contributed by atoms with Crippen molar-refractivity contribution in [2.24, 2.45) is 0 Å². The second-order valence-electron chi connectivity index (χ2n) is 2.03. The number of aromatic amines is 1. The molecule has 2 heterocycles. The number of aromatic nitrogens is 5. The minimum absolute atomic E-state index is 0.608. The Labute approximate surface area is 66.7 Å². The van der Waals surface area contributed by atoms with Gasteiger partial charge < -0.3 is 0 Å². The van der Waals surface area contributed by atoms with E-state index >= 15 is 0 Å². The van der Waals surface area contributed by atoms with Crippen LogP contribution in [-0.4, -0.2) is 24.8 Å². The van der Waals surface area contributed by atoms with Crippen LogP contribution in [0.2, 0.25) is 0 Å². The summed E-state index contributed by atoms with van der Waals surface area (Å²) >= 11 is 1.29. The smallest absolute Gasteiger partial charge is 0.202 e. The molecule has 5 nitrogen and oxygen atoms in total. The quantitative estimate of drug-likeness (QED) is 0.676. The van der Waals surface area contributed by atoms with E-state index in [0.29, 0.717) is 5.82 Å². The molecule has 0 unspecified atom stereocenters. The number of H-pyrrole nitrogens is 1. The molecule has 0 fully saturated rings. The van der Waals surface area contributed by atoms with Gasteiger partial charge in [-0.1, -0.05) is 4.49 Å². The lowest BCUT2D eigenvalue weighted by Crippen LogP contribution is -1.80. The maximum atomic E-state index is 4.09. The van der Waals surface area contributed by atoms with Gasteiger partial charge in [-0.25, -0.2) is 4.98 Å². The fraction of sp³-hybridized carbons (Fsp3) is 0.200. The molecule has 0 spiro atoms. The molecule has 0 saturated heterocycles. The first kappa shape index (κ1) is 6.41. The number of nitrogens with zero attached hydrogens (tertiary/aromatic N) is 4. The van der Waals surface area contributed by atoms with Crippen molar-refractivity contribution in [3.8, 4) is 11.5 Å². The van der Waals surface area contributed by atoms with Crippen molar-refractivity contribution in [1.82, 2.24) is 24.8 Å². The van der Waals surface area contributed by atoms with Crippen LogP contribution >= 0.6 is 11.5 Å². The van der Waals surface area contributed by atoms with Gasteiger partial charge >= 0.3 is 0 Å². The van der Waals surface area contributed by atoms with Crippen LogP contribution in [0.15, 0.2) is 5.38 Å². The molecule has 0 aliphatic carbocycles. The molecular weight excluding hydrogens is 162 g/mol. The Kier molecular flexibility index (Phi) is 1.39. The average Bonchev–Trinajstić information content (AvgIpc) is 2.55. The first-order valence-electron chi connectivity index (χ1n) is 3.02. The molecule has 2 aromatic heterocycles. The lowest BCUT2D eigenvalue weighted by Gasteiger charge is -1.79. The molecule has 1 N–H and O–H groups in total. The van der Waals surface area contributed by atoms with Crippen LogP contribution in [0, 0.1) is 6.92 Å². The minimum atomic E-state index is 0.608. The second-order valence-corrected chi connectivity index (χ2v) is 2.64. The van der Waals surface area contributed by atoms with Crippen molar-refractivity contribution in [3.63, 3.8) is 0 Å². The molecule has 2 rings (SSSR count). The van der Waals surface area contributed by atoms with Crippen LogP contribution in [0.1, 0.15) is 5.82 Å². The van der Waals surface area contributed by atoms with Gasteiger partial charge in [0.05, 0.1) is 0 Å². The van der Waals surface area contributed by atoms with Crippen LogP contribution in [-0.2, 0) is 0 Å². The van der Waals surface area contributed by atoms with E-state index in [1.165, 1.54) is 11.5 Å². The standard InChI is InChI=1S/C5H5N5S/c1-3-6-5(9-7-3)4-2-11-10-8-4/h2H,1H3,(H,6,7,9). The summed E-state index contributed by atoms with van der Waals surface area (Å²) in [5, 5.41) is 12.3. The van der Waals surface area contributed by atoms with Gasteiger partial charge in [0.2, 0.25) is 5.82 Å². The number of rotatable bonds is 1. The summed E-state index contributed by atoms with van der Waals surface area (Å²) in [5.41, 5.74) is 0.722. The molecule has 0 atom stereocenters. The zero-order valence-electron chi connectivity index (χ0n) is 5.77. The third-order valence-electron chi connectivity index (χ3n) is 1.19. The Morgan fingerprint density at radius 1 is 1.55 bits per heavy atom. The Hall–Kier alpha value is -1.30. The monoisotopic (exact) mass is 167 g/mol. The Morgan fingerprint density at radius 2 is 2.45 bits per heavy atom. The molecule has 0 amide bonds. The molecule has 2 aromatic rings. The highest BCUT2D eigenvalue weighted by atomic mass is 32.1. The van der Waals surface area contributed by atoms with Crippen LogP contribution in [0.3, 0.4) is 0 Å². The summed E-state index contributed by atoms with van der Waals surface area (Å²) < 4.78 is 3.71. The zero-order valence-corrected chi connectivity index (χ0v) is 6.59. The van der Waals surface area contributed by atoms with Gasteiger partial charge in [0, 0.05) is 5.38 Å². The highest BCUT2D eigenvalue weighted by Gasteiger charge is 2.04. The highest BCUT2D eigenvalue weighted by Crippen LogP contribution is 2.10. The normalized spacial score (nSPS) is 10.3. The van der Waals surface area contributed by atoms with E-state index in [9.17, 15) is 0 Å². The Bertz CT molecular complexity index is 337. The minimum Gasteiger partial charge on any atom is -0.263 e. The summed E-state index contributed by atoms with van der Waals surface area (Å²) in [6.45, 7) is 1.84. The number of nitrogens with one attached hydrogen (secondary N) is 1. The summed E-state index contributed by atoms with van der Waals surface area (Å²) in [5.74, 6) is 1.39. The van der Waals surface area contributed by atoms with Gasteiger partial charge in [-0.15, -0.1) is 5.10 Å². The molecule has 0 aromatic carbocycles. The Balaban J connectivity index is 2.45. The van der Waals surface area contributed by atoms with Crippen molar-refractivity contribution >= 4 is 11.5 Å². The van der Waals surface area contributed by atoms with Crippen molar-refractivity contribution in [2.45, 2.75) is 6.92 Å². The van der Waals surface area contributed by atoms with Crippen molar-refractivity contribution < 1.29 is 0 Å². The van der Waals surface area contributed by atoms with Gasteiger partial charge in [0.15, 0.2) is 0 Å². The zero-order chi connectivity index (χ0) is 7.68. The van der Waals surface area contributed by atoms with Crippen LogP contribution in [0.4, 0.5) is 0 Å². The largest absolute Gasteiger partial charge is 0.263 e. The van der Waals surface area contributed by atoms with Crippen LogP contribution < -0.4 is 0 Å². The summed E-state index contributed by atoms with van der Waals surface area (Å²) in [4.78, 5) is 4.09. The molecule has 56 valence electrons. The topological polar surface area (TPSA) is 67.3 Å². The third kappa shape index (κ3) is 1.12. The maximum absolute atomic E-state index is 4.09. The van der Waals surface area contributed by atoms with E-state index in [2.05, 4.69) is 24.8 Å². The number of hydrogen-bond donors (Lipinski definition) is 1. The summed E-state index contributed by atoms with van der Waals surface area (Å²) in [6, 6.07) is 0. The lowest BCUT2D eigenvalue weighted by molar-refractivity contribution is 1.03. The molecular formula is C5H5N5S. The van der Waals surface area contributed by atoms with Gasteiger partial charge in [-0.2, -0.15) is 5.10 Å². The van der Waals surface area contributed by atoms with Gasteiger partial charge in [-0.3, -0.25) is 5.10 Å². The predicted molar refractivity (Wildman–Crippen MR) is 40.0 cm³/mol. The molecule has 0 aliphatic heterocycles. The molecule has 11 heavy (non-hydrogen) atoms. The van der Waals surface area contributed by atoms with E-state index in [4.69, 9.17) is 0 Å². The van der Waals surface area contributed by atoms with E-state index in [1.807, 2.05) is 12.3 Å². The number of hydrogen-bond acceptors (Lipinski definition) is 5. The van der Waals surface area contributed by atoms with Crippen LogP contribution in [0.25, 0.3) is 11.5 Å². The predicted octanol–water partition coefficient (Wildman–Crippen LogP) is 0.632. The van der Waals surface area contributed by atoms with E-state index in [0.717, 1.165) is 11.5 Å². The molecule has 6 heteroatoms. The lowest BCUT2D eigenvalue weighted by atomic mass is 10.5. The first-order valence-corrected chi connectivity index (χ1v) is 3.86. The van der Waals surface area contributed by atoms with Crippen molar-refractivity contribution in [2.75, 3.05) is 0 Å². The van der Waals surface area contributed by atoms with E-state index in [1.54, 1.807) is 0 Å². The van der Waals surface area contributed by atoms with E-state index < -0.39 is 0 Å². The molecule has 0 aliphatic rings. The Morgan fingerprint density at radius 3 is 3.00 bits per heavy atom. The first-order chi connectivity index (χ1) is 5.36. The third-order valence-corrected chi connectivity index (χ3v) is 1.69. The molecule has 0 saturated carbocycles. The van der Waals surface area contributed by atoms with Crippen molar-refractivity contribution in [1.29, 1.82) is 0 Å². The van der Waals surface area contributed by atoms with Gasteiger partial charge in [-0.05, 0) is 18.5 Å². The summed E-state index contributed by atoms with van der Waals surface area (Å²) in [6.07, 6.45) is 0. The van der Waals surface area contributed by atoms with Crippen molar-refractivity contribution in [3.05, 3.63) is 11.2 Å². The fourth-order valence-electron chi connectivity index (χ4n) is 0.719. The summed E-state index contributed by atoms with van der Waals surface area (Å²) in [7, 11) is 0. The number of aryl methyl sites for hydroxylation is 1. The average molecular weight is 167 g/mol. The van der Waals surface area contributed by atoms with Gasteiger partial charge in [0.1, 0.15) is 11.5 Å². The van der Waals surface area contributed by atoms with Crippen LogP contribution in [0.5, 0.6) is 0 Å². The fourth-order valence-corrected chi connectivity index (χ4v) is 1.15. The molecule has 0 radical (unpaired) electrons. The van der Waals surface area contributed by atoms with Gasteiger partial charge in [0.25, 0.3) is 0 Å². The SMILES string of the molecule is Cc1nc(-c2csnn2)n[nH]1.